The highest BCUT2D eigenvalue weighted by Gasteiger charge is 2.11. The third-order valence-corrected chi connectivity index (χ3v) is 1.51. The molecule has 0 fully saturated rings. The molecule has 0 saturated carbocycles. The Morgan fingerprint density at radius 3 is 2.64 bits per heavy atom. The maximum atomic E-state index is 11.3. The molecule has 0 bridgehead atoms. The van der Waals surface area contributed by atoms with Gasteiger partial charge in [-0.2, -0.15) is 0 Å². The van der Waals surface area contributed by atoms with Gasteiger partial charge in [0.05, 0.1) is 5.56 Å². The Morgan fingerprint density at radius 1 is 1.43 bits per heavy atom. The van der Waals surface area contributed by atoms with E-state index in [1.165, 1.54) is 18.5 Å². The number of nitrogens with zero attached hydrogens (tertiary/aromatic N) is 1. The summed E-state index contributed by atoms with van der Waals surface area (Å²) in [5, 5.41) is 2.22. The molecule has 5 heteroatoms. The highest BCUT2D eigenvalue weighted by atomic mass is 16.2. The maximum absolute atomic E-state index is 11.3. The maximum Gasteiger partial charge on any atom is 0.253 e. The number of hydrogen-bond donors (Lipinski definition) is 1. The van der Waals surface area contributed by atoms with Gasteiger partial charge in [-0.3, -0.25) is 9.78 Å². The van der Waals surface area contributed by atoms with Gasteiger partial charge in [-0.25, -0.2) is 0 Å². The normalized spacial score (nSPS) is 9.50. The fourth-order valence-corrected chi connectivity index (χ4v) is 0.832. The van der Waals surface area contributed by atoms with E-state index in [0.717, 1.165) is 0 Å². The van der Waals surface area contributed by atoms with E-state index in [0.29, 0.717) is 18.1 Å². The van der Waals surface area contributed by atoms with Crippen LogP contribution in [0.15, 0.2) is 24.5 Å². The van der Waals surface area contributed by atoms with Crippen LogP contribution in [0.25, 0.3) is 0 Å². The van der Waals surface area contributed by atoms with Gasteiger partial charge in [0, 0.05) is 12.4 Å². The molecule has 72 valence electrons. The highest BCUT2D eigenvalue weighted by molar-refractivity contribution is 5.98. The first-order valence-electron chi connectivity index (χ1n) is 3.89. The van der Waals surface area contributed by atoms with E-state index < -0.39 is 11.9 Å². The van der Waals surface area contributed by atoms with Crippen LogP contribution in [0.5, 0.6) is 0 Å². The zero-order valence-electron chi connectivity index (χ0n) is 7.21. The second-order valence-electron chi connectivity index (χ2n) is 2.51. The fourth-order valence-electron chi connectivity index (χ4n) is 0.832. The molecule has 0 aliphatic carbocycles. The monoisotopic (exact) mass is 192 g/mol. The summed E-state index contributed by atoms with van der Waals surface area (Å²) in [6.07, 6.45) is 3.60. The smallest absolute Gasteiger partial charge is 0.253 e. The van der Waals surface area contributed by atoms with Crippen LogP contribution in [0.2, 0.25) is 0 Å². The Kier molecular flexibility index (Phi) is 3.49. The molecule has 0 aliphatic rings. The molecule has 0 aromatic carbocycles. The minimum absolute atomic E-state index is 0.307. The van der Waals surface area contributed by atoms with E-state index in [4.69, 9.17) is 0 Å². The Bertz CT molecular complexity index is 329. The van der Waals surface area contributed by atoms with Crippen LogP contribution in [0.1, 0.15) is 10.4 Å². The lowest BCUT2D eigenvalue weighted by Crippen LogP contribution is -2.37. The first-order valence-corrected chi connectivity index (χ1v) is 3.89. The summed E-state index contributed by atoms with van der Waals surface area (Å²) in [7, 11) is 0. The lowest BCUT2D eigenvalue weighted by Gasteiger charge is -2.05. The van der Waals surface area contributed by atoms with Crippen LogP contribution in [0.3, 0.4) is 0 Å². The fraction of sp³-hybridized carbons (Fsp3) is 0.111. The van der Waals surface area contributed by atoms with Gasteiger partial charge >= 0.3 is 0 Å². The van der Waals surface area contributed by atoms with Gasteiger partial charge in [-0.05, 0) is 12.1 Å². The molecule has 1 heterocycles. The van der Waals surface area contributed by atoms with Crippen molar-refractivity contribution in [3.63, 3.8) is 0 Å². The summed E-state index contributed by atoms with van der Waals surface area (Å²) in [4.78, 5) is 35.5. The van der Waals surface area contributed by atoms with E-state index in [1.54, 1.807) is 6.07 Å². The van der Waals surface area contributed by atoms with Crippen molar-refractivity contribution < 1.29 is 14.4 Å². The van der Waals surface area contributed by atoms with Gasteiger partial charge in [0.15, 0.2) is 0 Å². The summed E-state index contributed by atoms with van der Waals surface area (Å²) >= 11 is 0. The minimum Gasteiger partial charge on any atom is -0.336 e. The average molecular weight is 192 g/mol. The Labute approximate surface area is 80.1 Å². The summed E-state index contributed by atoms with van der Waals surface area (Å²) < 4.78 is 0. The number of hydrogen-bond acceptors (Lipinski definition) is 4. The molecule has 0 spiro atoms. The molecule has 0 unspecified atom stereocenters. The number of carbonyl (C=O) groups is 3. The molecule has 5 nitrogen and oxygen atoms in total. The van der Waals surface area contributed by atoms with Crippen molar-refractivity contribution in [2.75, 3.05) is 0 Å². The number of aldehydes is 2. The van der Waals surface area contributed by atoms with E-state index in [2.05, 4.69) is 10.3 Å². The first-order chi connectivity index (χ1) is 6.77. The molecule has 1 aromatic rings. The summed E-state index contributed by atoms with van der Waals surface area (Å²) in [5.74, 6) is -0.498. The number of pyridine rings is 1. The summed E-state index contributed by atoms with van der Waals surface area (Å²) in [6, 6.07) is 2.03. The van der Waals surface area contributed by atoms with E-state index in [-0.39, 0.29) is 0 Å². The van der Waals surface area contributed by atoms with Crippen LogP contribution in [-0.2, 0) is 9.59 Å². The van der Waals surface area contributed by atoms with Crippen molar-refractivity contribution in [2.24, 2.45) is 0 Å². The van der Waals surface area contributed by atoms with Crippen molar-refractivity contribution in [3.05, 3.63) is 30.1 Å². The molecule has 1 N–H and O–H groups in total. The van der Waals surface area contributed by atoms with Gasteiger partial charge < -0.3 is 14.9 Å². The topological polar surface area (TPSA) is 76.1 Å². The van der Waals surface area contributed by atoms with Gasteiger partial charge in [0.1, 0.15) is 18.6 Å². The number of rotatable bonds is 4. The number of aromatic nitrogens is 1. The molecule has 0 atom stereocenters. The van der Waals surface area contributed by atoms with Crippen molar-refractivity contribution in [2.45, 2.75) is 6.04 Å². The quantitative estimate of drug-likeness (QED) is 0.519. The van der Waals surface area contributed by atoms with Crippen molar-refractivity contribution in [3.8, 4) is 0 Å². The lowest BCUT2D eigenvalue weighted by molar-refractivity contribution is -0.116. The second-order valence-corrected chi connectivity index (χ2v) is 2.51. The third-order valence-electron chi connectivity index (χ3n) is 1.51. The van der Waals surface area contributed by atoms with Crippen LogP contribution in [0, 0.1) is 0 Å². The SMILES string of the molecule is O=CC(C=O)NC(=O)c1cccnc1. The zero-order valence-corrected chi connectivity index (χ0v) is 7.21. The first kappa shape index (κ1) is 10.0. The number of nitrogens with one attached hydrogen (secondary N) is 1. The minimum atomic E-state index is -1.09. The largest absolute Gasteiger partial charge is 0.336 e. The van der Waals surface area contributed by atoms with Gasteiger partial charge in [0.25, 0.3) is 5.91 Å². The standard InChI is InChI=1S/C9H8N2O3/c12-5-8(6-13)11-9(14)7-2-1-3-10-4-7/h1-6,8H,(H,11,14). The van der Waals surface area contributed by atoms with Crippen molar-refractivity contribution >= 4 is 18.5 Å². The molecular weight excluding hydrogens is 184 g/mol. The Hall–Kier alpha value is -2.04. The summed E-state index contributed by atoms with van der Waals surface area (Å²) in [6.45, 7) is 0. The van der Waals surface area contributed by atoms with Crippen molar-refractivity contribution in [1.82, 2.24) is 10.3 Å². The third kappa shape index (κ3) is 2.48. The average Bonchev–Trinajstić information content (AvgIpc) is 2.26. The van der Waals surface area contributed by atoms with Gasteiger partial charge in [-0.15, -0.1) is 0 Å². The summed E-state index contributed by atoms with van der Waals surface area (Å²) in [5.41, 5.74) is 0.307. The molecule has 1 rings (SSSR count). The van der Waals surface area contributed by atoms with Crippen LogP contribution in [-0.4, -0.2) is 29.5 Å². The lowest BCUT2D eigenvalue weighted by atomic mass is 10.2. The van der Waals surface area contributed by atoms with Gasteiger partial charge in [0.2, 0.25) is 0 Å². The molecular formula is C9H8N2O3. The van der Waals surface area contributed by atoms with Crippen LogP contribution >= 0.6 is 0 Å². The van der Waals surface area contributed by atoms with Crippen molar-refractivity contribution in [1.29, 1.82) is 0 Å². The zero-order chi connectivity index (χ0) is 10.4. The molecule has 0 radical (unpaired) electrons. The van der Waals surface area contributed by atoms with E-state index >= 15 is 0 Å². The van der Waals surface area contributed by atoms with E-state index in [9.17, 15) is 14.4 Å². The molecule has 1 aromatic heterocycles. The predicted octanol–water partition coefficient (Wildman–Crippen LogP) is -0.422. The Morgan fingerprint density at radius 2 is 2.14 bits per heavy atom. The highest BCUT2D eigenvalue weighted by Crippen LogP contribution is 1.94. The number of carbonyl (C=O) groups excluding carboxylic acids is 3. The number of amides is 1. The van der Waals surface area contributed by atoms with Crippen LogP contribution < -0.4 is 5.32 Å². The second kappa shape index (κ2) is 4.86. The molecule has 0 aliphatic heterocycles. The molecule has 14 heavy (non-hydrogen) atoms. The van der Waals surface area contributed by atoms with Crippen LogP contribution in [0.4, 0.5) is 0 Å². The molecule has 0 saturated heterocycles. The predicted molar refractivity (Wildman–Crippen MR) is 47.6 cm³/mol. The Balaban J connectivity index is 2.67. The van der Waals surface area contributed by atoms with E-state index in [1.807, 2.05) is 0 Å². The molecule has 1 amide bonds. The van der Waals surface area contributed by atoms with Gasteiger partial charge in [-0.1, -0.05) is 0 Å².